The fourth-order valence-corrected chi connectivity index (χ4v) is 2.21. The van der Waals surface area contributed by atoms with Crippen LogP contribution in [-0.2, 0) is 4.74 Å². The van der Waals surface area contributed by atoms with Crippen LogP contribution in [0.15, 0.2) is 34.5 Å². The van der Waals surface area contributed by atoms with Gasteiger partial charge < -0.3 is 4.74 Å². The third kappa shape index (κ3) is 2.86. The molecule has 2 rings (SSSR count). The van der Waals surface area contributed by atoms with Gasteiger partial charge in [-0.05, 0) is 52.5 Å². The summed E-state index contributed by atoms with van der Waals surface area (Å²) < 4.78 is 19.2. The zero-order valence-corrected chi connectivity index (χ0v) is 10.8. The summed E-state index contributed by atoms with van der Waals surface area (Å²) >= 11 is 3.16. The molecule has 1 aromatic rings. The Labute approximate surface area is 108 Å². The Hall–Kier alpha value is -0.910. The maximum Gasteiger partial charge on any atom is 0.137 e. The Kier molecular flexibility index (Phi) is 4.15. The van der Waals surface area contributed by atoms with Crippen LogP contribution in [0.2, 0.25) is 0 Å². The van der Waals surface area contributed by atoms with E-state index in [-0.39, 0.29) is 11.9 Å². The highest BCUT2D eigenvalue weighted by Crippen LogP contribution is 2.28. The first-order valence-electron chi connectivity index (χ1n) is 5.46. The lowest BCUT2D eigenvalue weighted by atomic mass is 10.0. The summed E-state index contributed by atoms with van der Waals surface area (Å²) in [5, 5.41) is 0. The maximum absolute atomic E-state index is 13.2. The van der Waals surface area contributed by atoms with Gasteiger partial charge in [-0.15, -0.1) is 0 Å². The summed E-state index contributed by atoms with van der Waals surface area (Å²) in [5.74, 6) is 6.06. The highest BCUT2D eigenvalue weighted by molar-refractivity contribution is 9.10. The predicted octanol–water partition coefficient (Wildman–Crippen LogP) is 2.79. The van der Waals surface area contributed by atoms with Crippen molar-refractivity contribution in [3.8, 4) is 0 Å². The van der Waals surface area contributed by atoms with E-state index in [0.717, 1.165) is 24.2 Å². The van der Waals surface area contributed by atoms with Crippen LogP contribution >= 0.6 is 15.9 Å². The molecular weight excluding hydrogens is 287 g/mol. The molecule has 5 heteroatoms. The molecule has 1 aliphatic rings. The van der Waals surface area contributed by atoms with Gasteiger partial charge in [0.2, 0.25) is 0 Å². The van der Waals surface area contributed by atoms with E-state index in [1.807, 2.05) is 6.08 Å². The normalized spacial score (nSPS) is 17.2. The number of allylic oxidation sites excluding steroid dienone is 1. The van der Waals surface area contributed by atoms with Gasteiger partial charge in [-0.3, -0.25) is 5.84 Å². The van der Waals surface area contributed by atoms with Crippen molar-refractivity contribution >= 4 is 15.9 Å². The molecular formula is C12H14BrFN2O. The van der Waals surface area contributed by atoms with Crippen molar-refractivity contribution in [3.05, 3.63) is 45.9 Å². The van der Waals surface area contributed by atoms with Crippen LogP contribution in [0, 0.1) is 5.82 Å². The SMILES string of the molecule is NNC(C1=CCCCO1)c1ccc(F)c(Br)c1. The Bertz CT molecular complexity index is 437. The third-order valence-electron chi connectivity index (χ3n) is 2.69. The molecule has 1 atom stereocenters. The van der Waals surface area contributed by atoms with Crippen LogP contribution in [-0.4, -0.2) is 6.61 Å². The minimum Gasteiger partial charge on any atom is -0.496 e. The van der Waals surface area contributed by atoms with Gasteiger partial charge in [0.1, 0.15) is 17.6 Å². The van der Waals surface area contributed by atoms with Gasteiger partial charge in [0, 0.05) is 0 Å². The molecule has 0 fully saturated rings. The highest BCUT2D eigenvalue weighted by atomic mass is 79.9. The van der Waals surface area contributed by atoms with Gasteiger partial charge in [-0.1, -0.05) is 6.07 Å². The molecule has 1 unspecified atom stereocenters. The van der Waals surface area contributed by atoms with Crippen molar-refractivity contribution < 1.29 is 9.13 Å². The standard InChI is InChI=1S/C12H14BrFN2O/c13-9-7-8(4-5-10(9)14)12(16-15)11-3-1-2-6-17-11/h3-5,7,12,16H,1-2,6,15H2. The average molecular weight is 301 g/mol. The number of nitrogens with one attached hydrogen (secondary N) is 1. The second kappa shape index (κ2) is 5.62. The predicted molar refractivity (Wildman–Crippen MR) is 67.4 cm³/mol. The summed E-state index contributed by atoms with van der Waals surface area (Å²) in [6, 6.07) is 4.59. The van der Waals surface area contributed by atoms with Crippen molar-refractivity contribution in [2.75, 3.05) is 6.61 Å². The summed E-state index contributed by atoms with van der Waals surface area (Å²) in [7, 11) is 0. The molecule has 1 aromatic carbocycles. The van der Waals surface area contributed by atoms with Gasteiger partial charge in [0.15, 0.2) is 0 Å². The Morgan fingerprint density at radius 2 is 2.29 bits per heavy atom. The minimum atomic E-state index is -0.289. The molecule has 92 valence electrons. The Morgan fingerprint density at radius 3 is 2.88 bits per heavy atom. The molecule has 0 saturated carbocycles. The largest absolute Gasteiger partial charge is 0.496 e. The number of hydrogen-bond acceptors (Lipinski definition) is 3. The van der Waals surface area contributed by atoms with Crippen LogP contribution < -0.4 is 11.3 Å². The fraction of sp³-hybridized carbons (Fsp3) is 0.333. The highest BCUT2D eigenvalue weighted by Gasteiger charge is 2.19. The molecule has 0 radical (unpaired) electrons. The monoisotopic (exact) mass is 300 g/mol. The number of hydrogen-bond donors (Lipinski definition) is 2. The van der Waals surface area contributed by atoms with Crippen molar-refractivity contribution in [1.82, 2.24) is 5.43 Å². The van der Waals surface area contributed by atoms with Crippen molar-refractivity contribution in [1.29, 1.82) is 0 Å². The van der Waals surface area contributed by atoms with Crippen LogP contribution in [0.1, 0.15) is 24.4 Å². The van der Waals surface area contributed by atoms with E-state index in [9.17, 15) is 4.39 Å². The zero-order valence-electron chi connectivity index (χ0n) is 9.25. The lowest BCUT2D eigenvalue weighted by Gasteiger charge is -2.23. The fourth-order valence-electron chi connectivity index (χ4n) is 1.81. The molecule has 0 amide bonds. The van der Waals surface area contributed by atoms with Gasteiger partial charge >= 0.3 is 0 Å². The molecule has 17 heavy (non-hydrogen) atoms. The summed E-state index contributed by atoms with van der Waals surface area (Å²) in [5.41, 5.74) is 3.57. The van der Waals surface area contributed by atoms with E-state index in [1.54, 1.807) is 12.1 Å². The topological polar surface area (TPSA) is 47.3 Å². The summed E-state index contributed by atoms with van der Waals surface area (Å²) in [6.45, 7) is 0.701. The maximum atomic E-state index is 13.2. The number of ether oxygens (including phenoxy) is 1. The van der Waals surface area contributed by atoms with E-state index >= 15 is 0 Å². The smallest absolute Gasteiger partial charge is 0.137 e. The first kappa shape index (κ1) is 12.5. The van der Waals surface area contributed by atoms with Crippen LogP contribution in [0.5, 0.6) is 0 Å². The van der Waals surface area contributed by atoms with Crippen LogP contribution in [0.3, 0.4) is 0 Å². The number of benzene rings is 1. The number of rotatable bonds is 3. The number of hydrazine groups is 1. The van der Waals surface area contributed by atoms with E-state index in [0.29, 0.717) is 11.1 Å². The van der Waals surface area contributed by atoms with Crippen molar-refractivity contribution in [2.24, 2.45) is 5.84 Å². The second-order valence-corrected chi connectivity index (χ2v) is 4.72. The zero-order chi connectivity index (χ0) is 12.3. The summed E-state index contributed by atoms with van der Waals surface area (Å²) in [4.78, 5) is 0. The van der Waals surface area contributed by atoms with E-state index in [4.69, 9.17) is 10.6 Å². The summed E-state index contributed by atoms with van der Waals surface area (Å²) in [6.07, 6.45) is 4.02. The average Bonchev–Trinajstić information content (AvgIpc) is 2.36. The van der Waals surface area contributed by atoms with Crippen molar-refractivity contribution in [2.45, 2.75) is 18.9 Å². The first-order valence-corrected chi connectivity index (χ1v) is 6.25. The molecule has 3 nitrogen and oxygen atoms in total. The van der Waals surface area contributed by atoms with Gasteiger partial charge in [0.25, 0.3) is 0 Å². The number of nitrogens with two attached hydrogens (primary N) is 1. The van der Waals surface area contributed by atoms with Crippen molar-refractivity contribution in [3.63, 3.8) is 0 Å². The van der Waals surface area contributed by atoms with Gasteiger partial charge in [0.05, 0.1) is 11.1 Å². The lowest BCUT2D eigenvalue weighted by molar-refractivity contribution is 0.168. The molecule has 0 aliphatic carbocycles. The van der Waals surface area contributed by atoms with E-state index in [2.05, 4.69) is 21.4 Å². The molecule has 0 spiro atoms. The molecule has 3 N–H and O–H groups in total. The Balaban J connectivity index is 2.28. The van der Waals surface area contributed by atoms with E-state index in [1.165, 1.54) is 6.07 Å². The van der Waals surface area contributed by atoms with Crippen LogP contribution in [0.25, 0.3) is 0 Å². The quantitative estimate of drug-likeness (QED) is 0.666. The minimum absolute atomic E-state index is 0.229. The molecule has 1 aliphatic heterocycles. The van der Waals surface area contributed by atoms with Gasteiger partial charge in [-0.2, -0.15) is 0 Å². The van der Waals surface area contributed by atoms with E-state index < -0.39 is 0 Å². The Morgan fingerprint density at radius 1 is 1.47 bits per heavy atom. The molecule has 0 bridgehead atoms. The van der Waals surface area contributed by atoms with Gasteiger partial charge in [-0.25, -0.2) is 9.82 Å². The molecule has 1 heterocycles. The molecule has 0 saturated heterocycles. The first-order chi connectivity index (χ1) is 8.22. The lowest BCUT2D eigenvalue weighted by Crippen LogP contribution is -2.31. The number of halogens is 2. The molecule has 0 aromatic heterocycles. The second-order valence-electron chi connectivity index (χ2n) is 3.87. The third-order valence-corrected chi connectivity index (χ3v) is 3.30. The van der Waals surface area contributed by atoms with Crippen LogP contribution in [0.4, 0.5) is 4.39 Å².